The molecule has 0 bridgehead atoms. The first-order valence-corrected chi connectivity index (χ1v) is 11.0. The van der Waals surface area contributed by atoms with Crippen LogP contribution in [0.1, 0.15) is 12.8 Å². The molecule has 0 saturated carbocycles. The van der Waals surface area contributed by atoms with Crippen LogP contribution in [-0.4, -0.2) is 36.1 Å². The van der Waals surface area contributed by atoms with E-state index in [4.69, 9.17) is 4.74 Å². The van der Waals surface area contributed by atoms with Crippen molar-refractivity contribution in [2.75, 3.05) is 30.4 Å². The first-order chi connectivity index (χ1) is 15.1. The number of pyridine rings is 1. The third-order valence-electron chi connectivity index (χ3n) is 5.64. The van der Waals surface area contributed by atoms with Gasteiger partial charge in [0.15, 0.2) is 5.13 Å². The highest BCUT2D eigenvalue weighted by atomic mass is 32.1. The van der Waals surface area contributed by atoms with Gasteiger partial charge in [0.1, 0.15) is 11.6 Å². The molecule has 0 radical (unpaired) electrons. The number of methoxy groups -OCH3 is 1. The van der Waals surface area contributed by atoms with E-state index < -0.39 is 0 Å². The minimum absolute atomic E-state index is 0.0554. The van der Waals surface area contributed by atoms with E-state index in [0.717, 1.165) is 46.4 Å². The van der Waals surface area contributed by atoms with Gasteiger partial charge in [-0.25, -0.2) is 9.37 Å². The van der Waals surface area contributed by atoms with Crippen LogP contribution in [0.25, 0.3) is 21.1 Å². The SMILES string of the molecule is COc1ccc2nccc(N3CCCC(C(=O)Nc4nc5ccc(F)cc5s4)C3)c2c1. The number of carbonyl (C=O) groups is 1. The summed E-state index contributed by atoms with van der Waals surface area (Å²) in [7, 11) is 1.65. The molecule has 1 fully saturated rings. The van der Waals surface area contributed by atoms with Crippen molar-refractivity contribution in [3.05, 3.63) is 54.5 Å². The lowest BCUT2D eigenvalue weighted by molar-refractivity contribution is -0.120. The van der Waals surface area contributed by atoms with Crippen LogP contribution >= 0.6 is 11.3 Å². The lowest BCUT2D eigenvalue weighted by Gasteiger charge is -2.34. The highest BCUT2D eigenvalue weighted by Gasteiger charge is 2.27. The number of fused-ring (bicyclic) bond motifs is 2. The summed E-state index contributed by atoms with van der Waals surface area (Å²) in [4.78, 5) is 24.1. The Bertz CT molecular complexity index is 1280. The molecule has 31 heavy (non-hydrogen) atoms. The fraction of sp³-hybridized carbons (Fsp3) is 0.261. The maximum atomic E-state index is 13.4. The molecule has 6 nitrogen and oxygen atoms in total. The third-order valence-corrected chi connectivity index (χ3v) is 6.57. The molecule has 1 saturated heterocycles. The van der Waals surface area contributed by atoms with Crippen LogP contribution in [0.3, 0.4) is 0 Å². The smallest absolute Gasteiger partial charge is 0.231 e. The number of hydrogen-bond donors (Lipinski definition) is 1. The number of benzene rings is 2. The van der Waals surface area contributed by atoms with E-state index in [-0.39, 0.29) is 17.6 Å². The number of carbonyl (C=O) groups excluding carboxylic acids is 1. The Kier molecular flexibility index (Phi) is 5.15. The van der Waals surface area contributed by atoms with Crippen LogP contribution in [0.5, 0.6) is 5.75 Å². The van der Waals surface area contributed by atoms with Gasteiger partial charge in [-0.15, -0.1) is 0 Å². The Morgan fingerprint density at radius 1 is 1.23 bits per heavy atom. The van der Waals surface area contributed by atoms with Gasteiger partial charge >= 0.3 is 0 Å². The number of piperidine rings is 1. The Balaban J connectivity index is 1.36. The quantitative estimate of drug-likeness (QED) is 0.496. The van der Waals surface area contributed by atoms with Crippen LogP contribution in [0.2, 0.25) is 0 Å². The lowest BCUT2D eigenvalue weighted by Crippen LogP contribution is -2.40. The fourth-order valence-corrected chi connectivity index (χ4v) is 4.98. The molecule has 0 spiro atoms. The summed E-state index contributed by atoms with van der Waals surface area (Å²) in [6, 6.07) is 12.3. The third kappa shape index (κ3) is 3.90. The van der Waals surface area contributed by atoms with E-state index >= 15 is 0 Å². The van der Waals surface area contributed by atoms with Gasteiger partial charge in [0.2, 0.25) is 5.91 Å². The number of nitrogens with zero attached hydrogens (tertiary/aromatic N) is 3. The second-order valence-electron chi connectivity index (χ2n) is 7.62. The zero-order valence-corrected chi connectivity index (χ0v) is 17.8. The van der Waals surface area contributed by atoms with Crippen LogP contribution in [0.15, 0.2) is 48.7 Å². The zero-order valence-electron chi connectivity index (χ0n) is 17.0. The molecule has 0 aliphatic carbocycles. The monoisotopic (exact) mass is 436 g/mol. The molecular formula is C23H21FN4O2S. The summed E-state index contributed by atoms with van der Waals surface area (Å²) >= 11 is 1.29. The van der Waals surface area contributed by atoms with Gasteiger partial charge in [0.25, 0.3) is 0 Å². The van der Waals surface area contributed by atoms with Crippen molar-refractivity contribution in [1.82, 2.24) is 9.97 Å². The van der Waals surface area contributed by atoms with Crippen molar-refractivity contribution in [2.24, 2.45) is 5.92 Å². The largest absolute Gasteiger partial charge is 0.497 e. The minimum atomic E-state index is -0.307. The van der Waals surface area contributed by atoms with Crippen LogP contribution in [0.4, 0.5) is 15.2 Å². The van der Waals surface area contributed by atoms with Gasteiger partial charge in [0, 0.05) is 30.4 Å². The van der Waals surface area contributed by atoms with Gasteiger partial charge in [-0.05, 0) is 55.3 Å². The normalized spacial score (nSPS) is 16.6. The second kappa shape index (κ2) is 8.11. The summed E-state index contributed by atoms with van der Waals surface area (Å²) in [5.74, 6) is 0.255. The van der Waals surface area contributed by atoms with E-state index in [1.165, 1.54) is 23.5 Å². The van der Waals surface area contributed by atoms with Crippen molar-refractivity contribution in [3.8, 4) is 5.75 Å². The average Bonchev–Trinajstić information content (AvgIpc) is 3.19. The Hall–Kier alpha value is -3.26. The molecule has 5 rings (SSSR count). The molecular weight excluding hydrogens is 415 g/mol. The summed E-state index contributed by atoms with van der Waals surface area (Å²) in [5.41, 5.74) is 2.63. The number of aromatic nitrogens is 2. The molecule has 1 aliphatic rings. The Morgan fingerprint density at radius 2 is 2.10 bits per heavy atom. The van der Waals surface area contributed by atoms with Crippen molar-refractivity contribution in [1.29, 1.82) is 0 Å². The van der Waals surface area contributed by atoms with Crippen molar-refractivity contribution in [2.45, 2.75) is 12.8 Å². The van der Waals surface area contributed by atoms with Crippen molar-refractivity contribution < 1.29 is 13.9 Å². The molecule has 2 aromatic heterocycles. The highest BCUT2D eigenvalue weighted by Crippen LogP contribution is 2.32. The van der Waals surface area contributed by atoms with Crippen LogP contribution < -0.4 is 15.0 Å². The zero-order chi connectivity index (χ0) is 21.4. The number of rotatable bonds is 4. The highest BCUT2D eigenvalue weighted by molar-refractivity contribution is 7.22. The van der Waals surface area contributed by atoms with E-state index in [1.54, 1.807) is 19.4 Å². The summed E-state index contributed by atoms with van der Waals surface area (Å²) in [6.45, 7) is 1.49. The predicted molar refractivity (Wildman–Crippen MR) is 121 cm³/mol. The van der Waals surface area contributed by atoms with E-state index in [1.807, 2.05) is 24.3 Å². The van der Waals surface area contributed by atoms with E-state index in [2.05, 4.69) is 20.2 Å². The van der Waals surface area contributed by atoms with Crippen molar-refractivity contribution in [3.63, 3.8) is 0 Å². The van der Waals surface area contributed by atoms with Gasteiger partial charge in [-0.2, -0.15) is 0 Å². The second-order valence-corrected chi connectivity index (χ2v) is 8.65. The molecule has 1 N–H and O–H groups in total. The first-order valence-electron chi connectivity index (χ1n) is 10.2. The predicted octanol–water partition coefficient (Wildman–Crippen LogP) is 4.85. The first kappa shape index (κ1) is 19.7. The minimum Gasteiger partial charge on any atom is -0.497 e. The molecule has 158 valence electrons. The molecule has 1 amide bonds. The maximum Gasteiger partial charge on any atom is 0.231 e. The summed E-state index contributed by atoms with van der Waals surface area (Å²) in [6.07, 6.45) is 3.53. The van der Waals surface area contributed by atoms with E-state index in [9.17, 15) is 9.18 Å². The molecule has 1 unspecified atom stereocenters. The molecule has 2 aromatic carbocycles. The van der Waals surface area contributed by atoms with Crippen molar-refractivity contribution >= 4 is 49.2 Å². The molecule has 8 heteroatoms. The lowest BCUT2D eigenvalue weighted by atomic mass is 9.96. The standard InChI is InChI=1S/C23H21FN4O2S/c1-30-16-5-7-18-17(12-16)20(8-9-25-18)28-10-2-3-14(13-28)22(29)27-23-26-19-6-4-15(24)11-21(19)31-23/h4-9,11-12,14H,2-3,10,13H2,1H3,(H,26,27,29). The Labute approximate surface area is 182 Å². The number of anilines is 2. The van der Waals surface area contributed by atoms with Gasteiger partial charge in [-0.1, -0.05) is 11.3 Å². The molecule has 1 atom stereocenters. The Morgan fingerprint density at radius 3 is 2.97 bits per heavy atom. The summed E-state index contributed by atoms with van der Waals surface area (Å²) in [5, 5.41) is 4.45. The average molecular weight is 437 g/mol. The van der Waals surface area contributed by atoms with E-state index in [0.29, 0.717) is 17.2 Å². The van der Waals surface area contributed by atoms with Gasteiger partial charge in [0.05, 0.1) is 28.8 Å². The molecule has 4 aromatic rings. The van der Waals surface area contributed by atoms with Crippen LogP contribution in [-0.2, 0) is 4.79 Å². The number of ether oxygens (including phenoxy) is 1. The van der Waals surface area contributed by atoms with Gasteiger partial charge < -0.3 is 15.0 Å². The maximum absolute atomic E-state index is 13.4. The number of halogens is 1. The topological polar surface area (TPSA) is 67.3 Å². The fourth-order valence-electron chi connectivity index (χ4n) is 4.08. The number of thiazole rings is 1. The number of hydrogen-bond acceptors (Lipinski definition) is 6. The van der Waals surface area contributed by atoms with Crippen LogP contribution in [0, 0.1) is 11.7 Å². The summed E-state index contributed by atoms with van der Waals surface area (Å²) < 4.78 is 19.5. The molecule has 1 aliphatic heterocycles. The number of amides is 1. The molecule has 3 heterocycles. The number of nitrogens with one attached hydrogen (secondary N) is 1. The van der Waals surface area contributed by atoms with Gasteiger partial charge in [-0.3, -0.25) is 9.78 Å².